The van der Waals surface area contributed by atoms with E-state index in [-0.39, 0.29) is 5.97 Å². The maximum atomic E-state index is 11.6. The summed E-state index contributed by atoms with van der Waals surface area (Å²) in [5.74, 6) is -0.309. The summed E-state index contributed by atoms with van der Waals surface area (Å²) < 4.78 is 8.21. The van der Waals surface area contributed by atoms with Gasteiger partial charge in [0, 0.05) is 37.2 Å². The molecular weight excluding hydrogens is 362 g/mol. The number of rotatable bonds is 4. The van der Waals surface area contributed by atoms with E-state index in [1.165, 1.54) is 60.7 Å². The monoisotopic (exact) mass is 388 g/mol. The third-order valence-electron chi connectivity index (χ3n) is 6.55. The van der Waals surface area contributed by atoms with Gasteiger partial charge in [-0.25, -0.2) is 9.78 Å². The van der Waals surface area contributed by atoms with Gasteiger partial charge in [0.1, 0.15) is 5.65 Å². The van der Waals surface area contributed by atoms with Crippen LogP contribution in [0.4, 0.5) is 0 Å². The van der Waals surface area contributed by atoms with Gasteiger partial charge in [-0.3, -0.25) is 0 Å². The van der Waals surface area contributed by atoms with Crippen LogP contribution in [0.25, 0.3) is 16.6 Å². The Bertz CT molecular complexity index is 1090. The van der Waals surface area contributed by atoms with Crippen molar-refractivity contribution in [2.45, 2.75) is 19.4 Å². The number of hydrogen-bond donors (Lipinski definition) is 0. The van der Waals surface area contributed by atoms with Gasteiger partial charge in [0.2, 0.25) is 0 Å². The molecule has 1 aromatic carbocycles. The van der Waals surface area contributed by atoms with Crippen LogP contribution in [0.5, 0.6) is 0 Å². The van der Waals surface area contributed by atoms with E-state index in [1.807, 2.05) is 18.3 Å². The minimum Gasteiger partial charge on any atom is -0.465 e. The third kappa shape index (κ3) is 3.36. The van der Waals surface area contributed by atoms with Gasteiger partial charge < -0.3 is 13.8 Å². The quantitative estimate of drug-likeness (QED) is 0.503. The Hall–Kier alpha value is -2.92. The minimum absolute atomic E-state index is 0.309. The zero-order chi connectivity index (χ0) is 19.8. The molecule has 1 spiro atoms. The lowest BCUT2D eigenvalue weighted by Gasteiger charge is -2.47. The van der Waals surface area contributed by atoms with E-state index in [4.69, 9.17) is 9.72 Å². The van der Waals surface area contributed by atoms with Crippen LogP contribution in [0.15, 0.2) is 54.9 Å². The lowest BCUT2D eigenvalue weighted by atomic mass is 9.96. The molecular formula is C24H26N3O2+. The molecule has 1 saturated heterocycles. The van der Waals surface area contributed by atoms with E-state index in [9.17, 15) is 4.79 Å². The number of quaternary nitrogens is 1. The summed E-state index contributed by atoms with van der Waals surface area (Å²) in [5.41, 5.74) is 5.39. The number of pyridine rings is 1. The first-order valence-corrected chi connectivity index (χ1v) is 10.3. The first-order chi connectivity index (χ1) is 14.2. The summed E-state index contributed by atoms with van der Waals surface area (Å²) in [4.78, 5) is 16.4. The molecule has 2 aromatic heterocycles. The zero-order valence-electron chi connectivity index (χ0n) is 16.8. The second-order valence-corrected chi connectivity index (χ2v) is 8.30. The van der Waals surface area contributed by atoms with Crippen LogP contribution in [0.1, 0.15) is 34.3 Å². The Kier molecular flexibility index (Phi) is 4.47. The zero-order valence-corrected chi connectivity index (χ0v) is 16.8. The van der Waals surface area contributed by atoms with Crippen molar-refractivity contribution >= 4 is 22.6 Å². The van der Waals surface area contributed by atoms with Crippen molar-refractivity contribution in [3.05, 3.63) is 71.6 Å². The van der Waals surface area contributed by atoms with E-state index in [2.05, 4.69) is 29.0 Å². The molecule has 5 heteroatoms. The number of carbonyl (C=O) groups is 1. The molecule has 4 heterocycles. The van der Waals surface area contributed by atoms with Gasteiger partial charge in [0.25, 0.3) is 0 Å². The summed E-state index contributed by atoms with van der Waals surface area (Å²) in [6, 6.07) is 12.0. The Morgan fingerprint density at radius 3 is 2.66 bits per heavy atom. The van der Waals surface area contributed by atoms with Gasteiger partial charge in [0.15, 0.2) is 0 Å². The molecule has 5 rings (SSSR count). The van der Waals surface area contributed by atoms with Gasteiger partial charge in [-0.15, -0.1) is 0 Å². The van der Waals surface area contributed by atoms with Crippen molar-refractivity contribution in [3.63, 3.8) is 0 Å². The molecule has 0 bridgehead atoms. The Morgan fingerprint density at radius 2 is 2.00 bits per heavy atom. The van der Waals surface area contributed by atoms with Crippen LogP contribution in [-0.2, 0) is 11.3 Å². The number of carbonyl (C=O) groups excluding carboxylic acids is 1. The SMILES string of the molecule is COC(=O)c1ccc(Cn2ccc3cc(C4=CC[N+]5(CCC5)CC4)cnc32)cc1. The highest BCUT2D eigenvalue weighted by Gasteiger charge is 2.36. The van der Waals surface area contributed by atoms with Crippen molar-refractivity contribution < 1.29 is 14.0 Å². The van der Waals surface area contributed by atoms with Crippen molar-refractivity contribution in [2.24, 2.45) is 0 Å². The third-order valence-corrected chi connectivity index (χ3v) is 6.55. The molecule has 0 unspecified atom stereocenters. The molecule has 5 nitrogen and oxygen atoms in total. The van der Waals surface area contributed by atoms with Crippen molar-refractivity contribution in [1.82, 2.24) is 9.55 Å². The summed E-state index contributed by atoms with van der Waals surface area (Å²) in [6.07, 6.45) is 9.09. The smallest absolute Gasteiger partial charge is 0.337 e. The standard InChI is InChI=1S/C24H26N3O2/c1-29-24(28)20-5-3-18(4-6-20)17-26-10-7-21-15-22(16-25-23(21)26)19-8-13-27(14-9-19)11-2-12-27/h3-8,10,15-16H,2,9,11-14,17H2,1H3/q+1. The Morgan fingerprint density at radius 1 is 1.17 bits per heavy atom. The average molecular weight is 388 g/mol. The van der Waals surface area contributed by atoms with Crippen LogP contribution in [0.2, 0.25) is 0 Å². The molecule has 3 aromatic rings. The highest BCUT2D eigenvalue weighted by atomic mass is 16.5. The molecule has 0 radical (unpaired) electrons. The molecule has 0 amide bonds. The predicted octanol–water partition coefficient (Wildman–Crippen LogP) is 3.88. The molecule has 29 heavy (non-hydrogen) atoms. The number of esters is 1. The number of methoxy groups -OCH3 is 1. The fraction of sp³-hybridized carbons (Fsp3) is 0.333. The largest absolute Gasteiger partial charge is 0.465 e. The molecule has 2 aliphatic heterocycles. The normalized spacial score (nSPS) is 17.8. The maximum Gasteiger partial charge on any atom is 0.337 e. The lowest BCUT2D eigenvalue weighted by Crippen LogP contribution is -2.59. The topological polar surface area (TPSA) is 44.1 Å². The molecule has 0 saturated carbocycles. The first kappa shape index (κ1) is 18.1. The van der Waals surface area contributed by atoms with Crippen molar-refractivity contribution in [2.75, 3.05) is 33.3 Å². The Balaban J connectivity index is 1.35. The van der Waals surface area contributed by atoms with E-state index >= 15 is 0 Å². The van der Waals surface area contributed by atoms with Crippen molar-refractivity contribution in [3.8, 4) is 0 Å². The number of nitrogens with zero attached hydrogens (tertiary/aromatic N) is 3. The molecule has 2 aliphatic rings. The summed E-state index contributed by atoms with van der Waals surface area (Å²) in [5, 5.41) is 1.17. The van der Waals surface area contributed by atoms with E-state index in [0.717, 1.165) is 24.2 Å². The maximum absolute atomic E-state index is 11.6. The average Bonchev–Trinajstić information content (AvgIpc) is 3.14. The number of fused-ring (bicyclic) bond motifs is 1. The minimum atomic E-state index is -0.309. The van der Waals surface area contributed by atoms with E-state index in [0.29, 0.717) is 5.56 Å². The highest BCUT2D eigenvalue weighted by molar-refractivity contribution is 5.89. The van der Waals surface area contributed by atoms with Crippen LogP contribution in [-0.4, -0.2) is 53.3 Å². The fourth-order valence-electron chi connectivity index (χ4n) is 4.57. The van der Waals surface area contributed by atoms with Gasteiger partial charge >= 0.3 is 5.97 Å². The van der Waals surface area contributed by atoms with E-state index in [1.54, 1.807) is 12.1 Å². The highest BCUT2D eigenvalue weighted by Crippen LogP contribution is 2.31. The molecule has 0 aliphatic carbocycles. The number of benzene rings is 1. The molecule has 1 fully saturated rings. The van der Waals surface area contributed by atoms with Gasteiger partial charge in [0.05, 0.1) is 38.9 Å². The second kappa shape index (κ2) is 7.16. The lowest BCUT2D eigenvalue weighted by molar-refractivity contribution is -0.959. The molecule has 148 valence electrons. The number of ether oxygens (including phenoxy) is 1. The summed E-state index contributed by atoms with van der Waals surface area (Å²) in [7, 11) is 1.40. The van der Waals surface area contributed by atoms with Gasteiger partial charge in [-0.1, -0.05) is 12.1 Å². The number of hydrogen-bond acceptors (Lipinski definition) is 3. The van der Waals surface area contributed by atoms with Crippen molar-refractivity contribution in [1.29, 1.82) is 0 Å². The number of aromatic nitrogens is 2. The molecule has 0 N–H and O–H groups in total. The fourth-order valence-corrected chi connectivity index (χ4v) is 4.57. The Labute approximate surface area is 170 Å². The summed E-state index contributed by atoms with van der Waals surface area (Å²) in [6.45, 7) is 5.87. The predicted molar refractivity (Wildman–Crippen MR) is 114 cm³/mol. The summed E-state index contributed by atoms with van der Waals surface area (Å²) >= 11 is 0. The van der Waals surface area contributed by atoms with Gasteiger partial charge in [-0.2, -0.15) is 0 Å². The molecule has 0 atom stereocenters. The van der Waals surface area contributed by atoms with Crippen LogP contribution in [0, 0.1) is 0 Å². The van der Waals surface area contributed by atoms with Crippen LogP contribution < -0.4 is 0 Å². The van der Waals surface area contributed by atoms with Crippen LogP contribution >= 0.6 is 0 Å². The second-order valence-electron chi connectivity index (χ2n) is 8.30. The van der Waals surface area contributed by atoms with E-state index < -0.39 is 0 Å². The van der Waals surface area contributed by atoms with Crippen LogP contribution in [0.3, 0.4) is 0 Å². The first-order valence-electron chi connectivity index (χ1n) is 10.3. The van der Waals surface area contributed by atoms with Gasteiger partial charge in [-0.05, 0) is 47.0 Å².